The number of anilines is 1. The highest BCUT2D eigenvalue weighted by Crippen LogP contribution is 2.32. The standard InChI is InChI=1S/C17H25N3/c1-6-10-20-15(18)14(19-16(20)17(3,4)5)13-9-7-8-12(2)11-13/h7-9,11H,6,10,18H2,1-5H3. The van der Waals surface area contributed by atoms with Gasteiger partial charge in [-0.15, -0.1) is 0 Å². The zero-order valence-electron chi connectivity index (χ0n) is 13.2. The summed E-state index contributed by atoms with van der Waals surface area (Å²) in [6.45, 7) is 11.7. The molecular weight excluding hydrogens is 246 g/mol. The molecule has 3 heteroatoms. The molecule has 0 spiro atoms. The highest BCUT2D eigenvalue weighted by molar-refractivity contribution is 5.71. The lowest BCUT2D eigenvalue weighted by Crippen LogP contribution is -2.19. The summed E-state index contributed by atoms with van der Waals surface area (Å²) in [5, 5.41) is 0. The van der Waals surface area contributed by atoms with Crippen LogP contribution in [0.2, 0.25) is 0 Å². The van der Waals surface area contributed by atoms with Crippen LogP contribution in [0.4, 0.5) is 5.82 Å². The number of aromatic nitrogens is 2. The quantitative estimate of drug-likeness (QED) is 0.911. The van der Waals surface area contributed by atoms with Crippen molar-refractivity contribution in [2.45, 2.75) is 53.0 Å². The smallest absolute Gasteiger partial charge is 0.131 e. The number of aryl methyl sites for hydroxylation is 1. The van der Waals surface area contributed by atoms with Crippen molar-refractivity contribution in [3.05, 3.63) is 35.7 Å². The SMILES string of the molecule is CCCn1c(C(C)(C)C)nc(-c2cccc(C)c2)c1N. The maximum Gasteiger partial charge on any atom is 0.131 e. The van der Waals surface area contributed by atoms with Crippen molar-refractivity contribution >= 4 is 5.82 Å². The Balaban J connectivity index is 2.61. The first-order valence-corrected chi connectivity index (χ1v) is 7.28. The van der Waals surface area contributed by atoms with Crippen LogP contribution in [0, 0.1) is 6.92 Å². The summed E-state index contributed by atoms with van der Waals surface area (Å²) in [6, 6.07) is 8.36. The molecule has 1 aromatic carbocycles. The Morgan fingerprint density at radius 3 is 2.50 bits per heavy atom. The lowest BCUT2D eigenvalue weighted by atomic mass is 9.95. The third-order valence-corrected chi connectivity index (χ3v) is 3.42. The molecule has 1 aromatic heterocycles. The van der Waals surface area contributed by atoms with E-state index < -0.39 is 0 Å². The van der Waals surface area contributed by atoms with Crippen LogP contribution in [-0.4, -0.2) is 9.55 Å². The molecule has 0 saturated carbocycles. The van der Waals surface area contributed by atoms with E-state index >= 15 is 0 Å². The monoisotopic (exact) mass is 271 g/mol. The number of hydrogen-bond donors (Lipinski definition) is 1. The summed E-state index contributed by atoms with van der Waals surface area (Å²) in [6.07, 6.45) is 1.05. The van der Waals surface area contributed by atoms with Crippen molar-refractivity contribution in [3.8, 4) is 11.3 Å². The molecular formula is C17H25N3. The number of nitrogen functional groups attached to an aromatic ring is 1. The Bertz CT molecular complexity index is 603. The molecule has 0 aliphatic carbocycles. The van der Waals surface area contributed by atoms with Gasteiger partial charge in [-0.1, -0.05) is 51.5 Å². The second kappa shape index (κ2) is 5.31. The van der Waals surface area contributed by atoms with E-state index in [0.717, 1.165) is 35.9 Å². The van der Waals surface area contributed by atoms with Crippen LogP contribution >= 0.6 is 0 Å². The zero-order chi connectivity index (χ0) is 14.9. The van der Waals surface area contributed by atoms with E-state index in [4.69, 9.17) is 10.7 Å². The van der Waals surface area contributed by atoms with Crippen molar-refractivity contribution < 1.29 is 0 Å². The van der Waals surface area contributed by atoms with Crippen LogP contribution in [-0.2, 0) is 12.0 Å². The summed E-state index contributed by atoms with van der Waals surface area (Å²) in [5.74, 6) is 1.84. The van der Waals surface area contributed by atoms with E-state index in [-0.39, 0.29) is 5.41 Å². The maximum absolute atomic E-state index is 6.37. The van der Waals surface area contributed by atoms with Crippen LogP contribution in [0.5, 0.6) is 0 Å². The van der Waals surface area contributed by atoms with Crippen molar-refractivity contribution in [2.24, 2.45) is 0 Å². The second-order valence-corrected chi connectivity index (χ2v) is 6.44. The molecule has 20 heavy (non-hydrogen) atoms. The van der Waals surface area contributed by atoms with Crippen molar-refractivity contribution in [1.29, 1.82) is 0 Å². The van der Waals surface area contributed by atoms with Gasteiger partial charge >= 0.3 is 0 Å². The number of nitrogens with two attached hydrogens (primary N) is 1. The molecule has 0 bridgehead atoms. The van der Waals surface area contributed by atoms with Crippen LogP contribution in [0.3, 0.4) is 0 Å². The maximum atomic E-state index is 6.37. The zero-order valence-corrected chi connectivity index (χ0v) is 13.2. The number of hydrogen-bond acceptors (Lipinski definition) is 2. The summed E-state index contributed by atoms with van der Waals surface area (Å²) >= 11 is 0. The Kier molecular flexibility index (Phi) is 3.89. The second-order valence-electron chi connectivity index (χ2n) is 6.44. The number of imidazole rings is 1. The topological polar surface area (TPSA) is 43.8 Å². The van der Waals surface area contributed by atoms with Crippen molar-refractivity contribution in [3.63, 3.8) is 0 Å². The molecule has 108 valence electrons. The third-order valence-electron chi connectivity index (χ3n) is 3.42. The third kappa shape index (κ3) is 2.72. The molecule has 2 aromatic rings. The summed E-state index contributed by atoms with van der Waals surface area (Å²) in [4.78, 5) is 4.85. The van der Waals surface area contributed by atoms with E-state index in [1.807, 2.05) is 0 Å². The number of benzene rings is 1. The fourth-order valence-electron chi connectivity index (χ4n) is 2.49. The fraction of sp³-hybridized carbons (Fsp3) is 0.471. The molecule has 0 unspecified atom stereocenters. The van der Waals surface area contributed by atoms with Crippen LogP contribution in [0.25, 0.3) is 11.3 Å². The van der Waals surface area contributed by atoms with Gasteiger partial charge in [0.1, 0.15) is 17.3 Å². The average Bonchev–Trinajstić information content (AvgIpc) is 2.68. The van der Waals surface area contributed by atoms with E-state index in [1.54, 1.807) is 0 Å². The minimum atomic E-state index is -0.00857. The minimum absolute atomic E-state index is 0.00857. The molecule has 0 atom stereocenters. The lowest BCUT2D eigenvalue weighted by Gasteiger charge is -2.19. The highest BCUT2D eigenvalue weighted by atomic mass is 15.1. The van der Waals surface area contributed by atoms with Gasteiger partial charge in [0, 0.05) is 17.5 Å². The molecule has 0 fully saturated rings. The molecule has 0 saturated heterocycles. The number of nitrogens with zero attached hydrogens (tertiary/aromatic N) is 2. The van der Waals surface area contributed by atoms with Gasteiger partial charge in [-0.25, -0.2) is 4.98 Å². The molecule has 1 heterocycles. The molecule has 2 N–H and O–H groups in total. The average molecular weight is 271 g/mol. The normalized spacial score (nSPS) is 11.8. The molecule has 0 aliphatic rings. The Hall–Kier alpha value is -1.77. The fourth-order valence-corrected chi connectivity index (χ4v) is 2.49. The lowest BCUT2D eigenvalue weighted by molar-refractivity contribution is 0.498. The van der Waals surface area contributed by atoms with Gasteiger partial charge < -0.3 is 10.3 Å². The largest absolute Gasteiger partial charge is 0.383 e. The van der Waals surface area contributed by atoms with Gasteiger partial charge in [0.2, 0.25) is 0 Å². The predicted octanol–water partition coefficient (Wildman–Crippen LogP) is 4.15. The van der Waals surface area contributed by atoms with E-state index in [0.29, 0.717) is 0 Å². The molecule has 3 nitrogen and oxygen atoms in total. The van der Waals surface area contributed by atoms with Gasteiger partial charge in [-0.05, 0) is 19.4 Å². The minimum Gasteiger partial charge on any atom is -0.383 e. The Labute approximate surface area is 121 Å². The van der Waals surface area contributed by atoms with Gasteiger partial charge in [0.15, 0.2) is 0 Å². The number of rotatable bonds is 3. The van der Waals surface area contributed by atoms with E-state index in [9.17, 15) is 0 Å². The first-order valence-electron chi connectivity index (χ1n) is 7.28. The first kappa shape index (κ1) is 14.6. The molecule has 2 rings (SSSR count). The van der Waals surface area contributed by atoms with Crippen LogP contribution in [0.15, 0.2) is 24.3 Å². The van der Waals surface area contributed by atoms with Gasteiger partial charge in [-0.2, -0.15) is 0 Å². The van der Waals surface area contributed by atoms with Crippen molar-refractivity contribution in [1.82, 2.24) is 9.55 Å². The first-order chi connectivity index (χ1) is 9.34. The van der Waals surface area contributed by atoms with E-state index in [1.165, 1.54) is 5.56 Å². The predicted molar refractivity (Wildman–Crippen MR) is 85.8 cm³/mol. The highest BCUT2D eigenvalue weighted by Gasteiger charge is 2.25. The molecule has 0 amide bonds. The summed E-state index contributed by atoms with van der Waals surface area (Å²) < 4.78 is 2.16. The van der Waals surface area contributed by atoms with Gasteiger partial charge in [0.05, 0.1) is 0 Å². The van der Waals surface area contributed by atoms with Crippen molar-refractivity contribution in [2.75, 3.05) is 5.73 Å². The van der Waals surface area contributed by atoms with Crippen LogP contribution < -0.4 is 5.73 Å². The Morgan fingerprint density at radius 2 is 1.95 bits per heavy atom. The summed E-state index contributed by atoms with van der Waals surface area (Å²) in [5.41, 5.74) is 9.60. The van der Waals surface area contributed by atoms with Crippen LogP contribution in [0.1, 0.15) is 45.5 Å². The van der Waals surface area contributed by atoms with E-state index in [2.05, 4.69) is 63.5 Å². The van der Waals surface area contributed by atoms with Gasteiger partial charge in [0.25, 0.3) is 0 Å². The van der Waals surface area contributed by atoms with Gasteiger partial charge in [-0.3, -0.25) is 0 Å². The summed E-state index contributed by atoms with van der Waals surface area (Å²) in [7, 11) is 0. The Morgan fingerprint density at radius 1 is 1.25 bits per heavy atom. The molecule has 0 aliphatic heterocycles. The molecule has 0 radical (unpaired) electrons.